The van der Waals surface area contributed by atoms with Crippen molar-refractivity contribution in [1.29, 1.82) is 0 Å². The van der Waals surface area contributed by atoms with Gasteiger partial charge in [0.1, 0.15) is 5.82 Å². The van der Waals surface area contributed by atoms with Crippen molar-refractivity contribution in [1.82, 2.24) is 0 Å². The highest BCUT2D eigenvalue weighted by atomic mass is 35.5. The molecule has 0 radical (unpaired) electrons. The van der Waals surface area contributed by atoms with Gasteiger partial charge < -0.3 is 10.8 Å². The molecule has 0 saturated carbocycles. The number of aliphatic hydroxyl groups excluding tert-OH is 1. The van der Waals surface area contributed by atoms with Crippen LogP contribution in [-0.4, -0.2) is 11.2 Å². The van der Waals surface area contributed by atoms with Crippen molar-refractivity contribution in [2.45, 2.75) is 38.8 Å². The highest BCUT2D eigenvalue weighted by Gasteiger charge is 2.19. The standard InChI is InChI=1S/C13H19ClFNO/c1-8(2)3-6-12(17)13(16)10-5-4-9(15)7-11(10)14/h4-5,7-8,12-13,17H,3,6,16H2,1-2H3/t12-,13+/m0/s1. The van der Waals surface area contributed by atoms with Gasteiger partial charge in [0, 0.05) is 5.02 Å². The maximum Gasteiger partial charge on any atom is 0.124 e. The summed E-state index contributed by atoms with van der Waals surface area (Å²) in [6, 6.07) is 3.48. The van der Waals surface area contributed by atoms with E-state index in [0.717, 1.165) is 6.42 Å². The molecule has 4 heteroatoms. The third-order valence-electron chi connectivity index (χ3n) is 2.78. The zero-order valence-electron chi connectivity index (χ0n) is 10.2. The van der Waals surface area contributed by atoms with E-state index < -0.39 is 18.0 Å². The van der Waals surface area contributed by atoms with E-state index in [1.54, 1.807) is 0 Å². The second-order valence-corrected chi connectivity index (χ2v) is 5.14. The molecule has 2 nitrogen and oxygen atoms in total. The zero-order chi connectivity index (χ0) is 13.0. The summed E-state index contributed by atoms with van der Waals surface area (Å²) < 4.78 is 12.9. The maximum atomic E-state index is 12.9. The molecule has 0 aromatic heterocycles. The summed E-state index contributed by atoms with van der Waals surface area (Å²) in [7, 11) is 0. The van der Waals surface area contributed by atoms with Crippen LogP contribution in [0.3, 0.4) is 0 Å². The van der Waals surface area contributed by atoms with Gasteiger partial charge in [-0.15, -0.1) is 0 Å². The van der Waals surface area contributed by atoms with Gasteiger partial charge in [-0.05, 0) is 36.5 Å². The lowest BCUT2D eigenvalue weighted by atomic mass is 9.96. The van der Waals surface area contributed by atoms with Crippen molar-refractivity contribution in [3.8, 4) is 0 Å². The highest BCUT2D eigenvalue weighted by molar-refractivity contribution is 6.31. The van der Waals surface area contributed by atoms with Gasteiger partial charge in [-0.1, -0.05) is 31.5 Å². The molecule has 0 aliphatic heterocycles. The van der Waals surface area contributed by atoms with Crippen LogP contribution in [0.5, 0.6) is 0 Å². The number of hydrogen-bond donors (Lipinski definition) is 2. The highest BCUT2D eigenvalue weighted by Crippen LogP contribution is 2.26. The Labute approximate surface area is 107 Å². The minimum atomic E-state index is -0.652. The van der Waals surface area contributed by atoms with E-state index in [0.29, 0.717) is 17.9 Å². The lowest BCUT2D eigenvalue weighted by Gasteiger charge is -2.21. The fourth-order valence-electron chi connectivity index (χ4n) is 1.66. The molecule has 3 N–H and O–H groups in total. The van der Waals surface area contributed by atoms with Crippen molar-refractivity contribution < 1.29 is 9.50 Å². The first kappa shape index (κ1) is 14.4. The van der Waals surface area contributed by atoms with Crippen LogP contribution < -0.4 is 5.73 Å². The maximum absolute atomic E-state index is 12.9. The van der Waals surface area contributed by atoms with Gasteiger partial charge in [0.05, 0.1) is 12.1 Å². The van der Waals surface area contributed by atoms with Crippen LogP contribution in [0.25, 0.3) is 0 Å². The van der Waals surface area contributed by atoms with Crippen molar-refractivity contribution in [2.24, 2.45) is 11.7 Å². The van der Waals surface area contributed by atoms with E-state index in [2.05, 4.69) is 13.8 Å². The third-order valence-corrected chi connectivity index (χ3v) is 3.10. The largest absolute Gasteiger partial charge is 0.391 e. The number of hydrogen-bond acceptors (Lipinski definition) is 2. The smallest absolute Gasteiger partial charge is 0.124 e. The summed E-state index contributed by atoms with van der Waals surface area (Å²) in [5.41, 5.74) is 6.51. The van der Waals surface area contributed by atoms with Crippen LogP contribution >= 0.6 is 11.6 Å². The van der Waals surface area contributed by atoms with E-state index in [1.165, 1.54) is 18.2 Å². The van der Waals surface area contributed by atoms with E-state index in [1.807, 2.05) is 0 Å². The Morgan fingerprint density at radius 2 is 2.00 bits per heavy atom. The van der Waals surface area contributed by atoms with Crippen LogP contribution in [-0.2, 0) is 0 Å². The molecule has 1 rings (SSSR count). The molecule has 0 saturated heterocycles. The number of aliphatic hydroxyl groups is 1. The molecule has 17 heavy (non-hydrogen) atoms. The Balaban J connectivity index is 2.71. The first-order valence-electron chi connectivity index (χ1n) is 5.80. The zero-order valence-corrected chi connectivity index (χ0v) is 10.9. The second kappa shape index (κ2) is 6.34. The predicted molar refractivity (Wildman–Crippen MR) is 68.4 cm³/mol. The first-order chi connectivity index (χ1) is 7.91. The van der Waals surface area contributed by atoms with Gasteiger partial charge in [-0.3, -0.25) is 0 Å². The van der Waals surface area contributed by atoms with Gasteiger partial charge in [0.2, 0.25) is 0 Å². The molecule has 0 bridgehead atoms. The summed E-state index contributed by atoms with van der Waals surface area (Å²) in [4.78, 5) is 0. The topological polar surface area (TPSA) is 46.2 Å². The van der Waals surface area contributed by atoms with E-state index >= 15 is 0 Å². The van der Waals surface area contributed by atoms with Crippen molar-refractivity contribution in [2.75, 3.05) is 0 Å². The molecule has 96 valence electrons. The van der Waals surface area contributed by atoms with Gasteiger partial charge in [-0.2, -0.15) is 0 Å². The van der Waals surface area contributed by atoms with Crippen LogP contribution in [0.4, 0.5) is 4.39 Å². The molecule has 0 amide bonds. The quantitative estimate of drug-likeness (QED) is 0.853. The average molecular weight is 260 g/mol. The van der Waals surface area contributed by atoms with Gasteiger partial charge >= 0.3 is 0 Å². The average Bonchev–Trinajstić information content (AvgIpc) is 2.25. The lowest BCUT2D eigenvalue weighted by molar-refractivity contribution is 0.128. The van der Waals surface area contributed by atoms with Crippen LogP contribution in [0.2, 0.25) is 5.02 Å². The lowest BCUT2D eigenvalue weighted by Crippen LogP contribution is -2.26. The van der Waals surface area contributed by atoms with Crippen LogP contribution in [0.15, 0.2) is 18.2 Å². The minimum absolute atomic E-state index is 0.265. The fraction of sp³-hybridized carbons (Fsp3) is 0.538. The molecular weight excluding hydrogens is 241 g/mol. The SMILES string of the molecule is CC(C)CC[C@H](O)[C@H](N)c1ccc(F)cc1Cl. The predicted octanol–water partition coefficient (Wildman–Crippen LogP) is 3.28. The Kier molecular flexibility index (Phi) is 5.37. The summed E-state index contributed by atoms with van der Waals surface area (Å²) >= 11 is 5.90. The Hall–Kier alpha value is -0.640. The van der Waals surface area contributed by atoms with Gasteiger partial charge in [0.15, 0.2) is 0 Å². The molecule has 1 aromatic rings. The summed E-state index contributed by atoms with van der Waals surface area (Å²) in [5, 5.41) is 10.2. The summed E-state index contributed by atoms with van der Waals surface area (Å²) in [6.07, 6.45) is 0.862. The monoisotopic (exact) mass is 259 g/mol. The van der Waals surface area contributed by atoms with Crippen LogP contribution in [0.1, 0.15) is 38.3 Å². The van der Waals surface area contributed by atoms with Crippen molar-refractivity contribution in [3.05, 3.63) is 34.6 Å². The van der Waals surface area contributed by atoms with Crippen molar-refractivity contribution in [3.63, 3.8) is 0 Å². The first-order valence-corrected chi connectivity index (χ1v) is 6.18. The summed E-state index contributed by atoms with van der Waals surface area (Å²) in [5.74, 6) is 0.114. The molecule has 0 unspecified atom stereocenters. The van der Waals surface area contributed by atoms with Gasteiger partial charge in [0.25, 0.3) is 0 Å². The minimum Gasteiger partial charge on any atom is -0.391 e. The Morgan fingerprint density at radius 1 is 1.35 bits per heavy atom. The second-order valence-electron chi connectivity index (χ2n) is 4.73. The molecule has 0 spiro atoms. The number of benzene rings is 1. The number of rotatable bonds is 5. The molecule has 0 aliphatic carbocycles. The molecular formula is C13H19ClFNO. The molecule has 0 aliphatic rings. The normalized spacial score (nSPS) is 15.0. The van der Waals surface area contributed by atoms with E-state index in [-0.39, 0.29) is 5.02 Å². The van der Waals surface area contributed by atoms with Crippen molar-refractivity contribution >= 4 is 11.6 Å². The summed E-state index contributed by atoms with van der Waals surface area (Å²) in [6.45, 7) is 4.17. The molecule has 0 fully saturated rings. The van der Waals surface area contributed by atoms with E-state index in [4.69, 9.17) is 17.3 Å². The molecule has 2 atom stereocenters. The molecule has 0 heterocycles. The number of halogens is 2. The molecule has 1 aromatic carbocycles. The number of nitrogens with two attached hydrogens (primary N) is 1. The Bertz CT molecular complexity index is 370. The van der Waals surface area contributed by atoms with Crippen LogP contribution in [0, 0.1) is 11.7 Å². The fourth-order valence-corrected chi connectivity index (χ4v) is 1.96. The Morgan fingerprint density at radius 3 is 2.53 bits per heavy atom. The van der Waals surface area contributed by atoms with E-state index in [9.17, 15) is 9.50 Å². The third kappa shape index (κ3) is 4.26. The van der Waals surface area contributed by atoms with Gasteiger partial charge in [-0.25, -0.2) is 4.39 Å².